The Balaban J connectivity index is 1.58. The van der Waals surface area contributed by atoms with Crippen molar-refractivity contribution < 1.29 is 9.32 Å². The van der Waals surface area contributed by atoms with Crippen LogP contribution >= 0.6 is 22.7 Å². The van der Waals surface area contributed by atoms with Crippen molar-refractivity contribution in [2.45, 2.75) is 13.3 Å². The van der Waals surface area contributed by atoms with E-state index in [4.69, 9.17) is 4.52 Å². The number of nitrogens with one attached hydrogen (secondary N) is 2. The molecule has 7 nitrogen and oxygen atoms in total. The fourth-order valence-corrected chi connectivity index (χ4v) is 2.92. The zero-order valence-electron chi connectivity index (χ0n) is 11.0. The van der Waals surface area contributed by atoms with Crippen LogP contribution in [0.15, 0.2) is 27.4 Å². The average molecular weight is 321 g/mol. The summed E-state index contributed by atoms with van der Waals surface area (Å²) in [6.07, 6.45) is 0.450. The Morgan fingerprint density at radius 3 is 2.95 bits per heavy atom. The molecule has 0 bridgehead atoms. The number of hydrogen-bond acceptors (Lipinski definition) is 7. The molecule has 0 radical (unpaired) electrons. The quantitative estimate of drug-likeness (QED) is 0.770. The Kier molecular flexibility index (Phi) is 3.93. The lowest BCUT2D eigenvalue weighted by Crippen LogP contribution is -2.18. The van der Waals surface area contributed by atoms with Crippen molar-refractivity contribution in [2.75, 3.05) is 10.6 Å². The first-order valence-electron chi connectivity index (χ1n) is 6.04. The van der Waals surface area contributed by atoms with Gasteiger partial charge in [-0.1, -0.05) is 5.16 Å². The number of anilines is 2. The number of urea groups is 1. The second-order valence-electron chi connectivity index (χ2n) is 4.11. The van der Waals surface area contributed by atoms with Crippen LogP contribution in [-0.2, 0) is 6.42 Å². The van der Waals surface area contributed by atoms with Gasteiger partial charge in [0.05, 0.1) is 17.1 Å². The van der Waals surface area contributed by atoms with Crippen LogP contribution in [0, 0.1) is 6.92 Å². The topological polar surface area (TPSA) is 92.9 Å². The molecule has 3 rings (SSSR count). The Morgan fingerprint density at radius 1 is 1.33 bits per heavy atom. The average Bonchev–Trinajstić information content (AvgIpc) is 3.14. The second kappa shape index (κ2) is 6.02. The lowest BCUT2D eigenvalue weighted by atomic mass is 10.3. The predicted molar refractivity (Wildman–Crippen MR) is 80.9 cm³/mol. The second-order valence-corrected chi connectivity index (χ2v) is 5.92. The van der Waals surface area contributed by atoms with Gasteiger partial charge in [0.15, 0.2) is 11.0 Å². The van der Waals surface area contributed by atoms with Gasteiger partial charge >= 0.3 is 6.03 Å². The molecule has 0 saturated heterocycles. The lowest BCUT2D eigenvalue weighted by molar-refractivity contribution is 0.262. The van der Waals surface area contributed by atoms with Crippen molar-refractivity contribution in [3.05, 3.63) is 40.3 Å². The molecule has 9 heteroatoms. The van der Waals surface area contributed by atoms with Gasteiger partial charge in [-0.05, 0) is 24.4 Å². The summed E-state index contributed by atoms with van der Waals surface area (Å²) in [5, 5.41) is 14.2. The van der Waals surface area contributed by atoms with Crippen LogP contribution in [-0.4, -0.2) is 21.2 Å². The first kappa shape index (κ1) is 13.7. The van der Waals surface area contributed by atoms with Crippen LogP contribution in [0.1, 0.15) is 17.4 Å². The molecule has 2 N–H and O–H groups in total. The minimum absolute atomic E-state index is 0.313. The number of hydrogen-bond donors (Lipinski definition) is 2. The standard InChI is InChI=1S/C12H11N5O2S2/c1-7-13-9(19-17-7)5-8-6-21-12(14-8)16-11(18)15-10-3-2-4-20-10/h2-4,6H,5H2,1H3,(H2,14,15,16,18). The maximum absolute atomic E-state index is 11.8. The highest BCUT2D eigenvalue weighted by atomic mass is 32.1. The molecule has 0 unspecified atom stereocenters. The van der Waals surface area contributed by atoms with Crippen LogP contribution in [0.25, 0.3) is 0 Å². The predicted octanol–water partition coefficient (Wildman–Crippen LogP) is 3.13. The molecular formula is C12H11N5O2S2. The monoisotopic (exact) mass is 321 g/mol. The largest absolute Gasteiger partial charge is 0.339 e. The minimum atomic E-state index is -0.313. The first-order chi connectivity index (χ1) is 10.2. The third kappa shape index (κ3) is 3.64. The molecule has 2 amide bonds. The number of rotatable bonds is 4. The summed E-state index contributed by atoms with van der Waals surface area (Å²) in [5.74, 6) is 1.10. The maximum Gasteiger partial charge on any atom is 0.326 e. The number of aromatic nitrogens is 3. The lowest BCUT2D eigenvalue weighted by Gasteiger charge is -2.01. The Morgan fingerprint density at radius 2 is 2.24 bits per heavy atom. The molecule has 0 aliphatic carbocycles. The van der Waals surface area contributed by atoms with Gasteiger partial charge in [-0.25, -0.2) is 9.78 Å². The van der Waals surface area contributed by atoms with Crippen LogP contribution in [0.4, 0.5) is 14.9 Å². The molecule has 21 heavy (non-hydrogen) atoms. The molecule has 0 aliphatic rings. The Labute approximate surface area is 128 Å². The van der Waals surface area contributed by atoms with Gasteiger partial charge in [0.2, 0.25) is 5.89 Å². The van der Waals surface area contributed by atoms with E-state index in [9.17, 15) is 4.79 Å². The van der Waals surface area contributed by atoms with Crippen LogP contribution in [0.3, 0.4) is 0 Å². The molecule has 3 aromatic heterocycles. The highest BCUT2D eigenvalue weighted by Gasteiger charge is 2.10. The zero-order valence-corrected chi connectivity index (χ0v) is 12.6. The molecule has 0 aliphatic heterocycles. The van der Waals surface area contributed by atoms with Gasteiger partial charge in [-0.15, -0.1) is 22.7 Å². The van der Waals surface area contributed by atoms with Gasteiger partial charge in [-0.2, -0.15) is 4.98 Å². The van der Waals surface area contributed by atoms with Gasteiger partial charge in [0.25, 0.3) is 0 Å². The molecule has 3 aromatic rings. The number of thiophene rings is 1. The first-order valence-corrected chi connectivity index (χ1v) is 7.80. The smallest absolute Gasteiger partial charge is 0.326 e. The SMILES string of the molecule is Cc1noc(Cc2csc(NC(=O)Nc3cccs3)n2)n1. The van der Waals surface area contributed by atoms with Gasteiger partial charge in [0.1, 0.15) is 0 Å². The zero-order chi connectivity index (χ0) is 14.7. The van der Waals surface area contributed by atoms with E-state index >= 15 is 0 Å². The van der Waals surface area contributed by atoms with Crippen molar-refractivity contribution in [3.63, 3.8) is 0 Å². The molecule has 0 saturated carbocycles. The number of carbonyl (C=O) groups is 1. The summed E-state index contributed by atoms with van der Waals surface area (Å²) in [7, 11) is 0. The summed E-state index contributed by atoms with van der Waals surface area (Å²) >= 11 is 2.80. The number of aryl methyl sites for hydroxylation is 1. The molecular weight excluding hydrogens is 310 g/mol. The summed E-state index contributed by atoms with van der Waals surface area (Å²) < 4.78 is 5.03. The van der Waals surface area contributed by atoms with Gasteiger partial charge in [-0.3, -0.25) is 10.6 Å². The summed E-state index contributed by atoms with van der Waals surface area (Å²) in [6, 6.07) is 3.39. The third-order valence-corrected chi connectivity index (χ3v) is 4.02. The van der Waals surface area contributed by atoms with Crippen molar-refractivity contribution in [1.82, 2.24) is 15.1 Å². The van der Waals surface area contributed by atoms with E-state index in [-0.39, 0.29) is 6.03 Å². The molecule has 108 valence electrons. The third-order valence-electron chi connectivity index (χ3n) is 2.43. The van der Waals surface area contributed by atoms with E-state index in [1.54, 1.807) is 6.92 Å². The van der Waals surface area contributed by atoms with Crippen LogP contribution in [0.5, 0.6) is 0 Å². The summed E-state index contributed by atoms with van der Waals surface area (Å²) in [6.45, 7) is 1.76. The number of nitrogens with zero attached hydrogens (tertiary/aromatic N) is 3. The van der Waals surface area contributed by atoms with Gasteiger partial charge < -0.3 is 4.52 Å². The summed E-state index contributed by atoms with van der Waals surface area (Å²) in [5.41, 5.74) is 0.773. The maximum atomic E-state index is 11.8. The molecule has 0 aromatic carbocycles. The van der Waals surface area contributed by atoms with Crippen LogP contribution < -0.4 is 10.6 Å². The van der Waals surface area contributed by atoms with Crippen molar-refractivity contribution >= 4 is 38.8 Å². The summed E-state index contributed by atoms with van der Waals surface area (Å²) in [4.78, 5) is 20.2. The molecule has 0 atom stereocenters. The number of thiazole rings is 1. The fraction of sp³-hybridized carbons (Fsp3) is 0.167. The number of carbonyl (C=O) groups excluding carboxylic acids is 1. The van der Waals surface area contributed by atoms with Gasteiger partial charge in [0, 0.05) is 5.38 Å². The van der Waals surface area contributed by atoms with Crippen molar-refractivity contribution in [2.24, 2.45) is 0 Å². The fourth-order valence-electron chi connectivity index (χ4n) is 1.60. The Hall–Kier alpha value is -2.26. The van der Waals surface area contributed by atoms with Crippen molar-refractivity contribution in [1.29, 1.82) is 0 Å². The highest BCUT2D eigenvalue weighted by Crippen LogP contribution is 2.19. The minimum Gasteiger partial charge on any atom is -0.339 e. The van der Waals surface area contributed by atoms with Crippen molar-refractivity contribution in [3.8, 4) is 0 Å². The molecule has 0 spiro atoms. The molecule has 3 heterocycles. The normalized spacial score (nSPS) is 10.5. The molecule has 0 fully saturated rings. The van der Waals surface area contributed by atoms with E-state index in [2.05, 4.69) is 25.8 Å². The van der Waals surface area contributed by atoms with E-state index in [1.807, 2.05) is 22.9 Å². The van der Waals surface area contributed by atoms with E-state index in [0.717, 1.165) is 10.7 Å². The van der Waals surface area contributed by atoms with E-state index in [1.165, 1.54) is 22.7 Å². The Bertz CT molecular complexity index is 735. The van der Waals surface area contributed by atoms with E-state index in [0.29, 0.717) is 23.3 Å². The number of amides is 2. The van der Waals surface area contributed by atoms with E-state index < -0.39 is 0 Å². The highest BCUT2D eigenvalue weighted by molar-refractivity contribution is 7.14. The van der Waals surface area contributed by atoms with Crippen LogP contribution in [0.2, 0.25) is 0 Å².